The van der Waals surface area contributed by atoms with Crippen LogP contribution in [0, 0.1) is 29.0 Å². The molecule has 4 bridgehead atoms. The van der Waals surface area contributed by atoms with E-state index in [9.17, 15) is 9.18 Å². The quantitative estimate of drug-likeness (QED) is 0.861. The summed E-state index contributed by atoms with van der Waals surface area (Å²) in [5.41, 5.74) is 0.953. The van der Waals surface area contributed by atoms with Crippen molar-refractivity contribution in [3.63, 3.8) is 0 Å². The largest absolute Gasteiger partial charge is 0.351 e. The van der Waals surface area contributed by atoms with Crippen molar-refractivity contribution in [3.8, 4) is 11.4 Å². The number of carbonyl (C=O) groups excluding carboxylic acids is 1. The van der Waals surface area contributed by atoms with E-state index in [2.05, 4.69) is 27.7 Å². The van der Waals surface area contributed by atoms with Crippen LogP contribution in [-0.4, -0.2) is 32.2 Å². The van der Waals surface area contributed by atoms with Crippen LogP contribution in [0.3, 0.4) is 0 Å². The molecule has 1 unspecified atom stereocenters. The number of tetrazole rings is 1. The molecule has 28 heavy (non-hydrogen) atoms. The van der Waals surface area contributed by atoms with Crippen molar-refractivity contribution in [2.45, 2.75) is 58.0 Å². The summed E-state index contributed by atoms with van der Waals surface area (Å²) >= 11 is 0. The lowest BCUT2D eigenvalue weighted by molar-refractivity contribution is -0.126. The van der Waals surface area contributed by atoms with Crippen LogP contribution in [0.15, 0.2) is 24.3 Å². The molecule has 1 aromatic carbocycles. The highest BCUT2D eigenvalue weighted by molar-refractivity contribution is 5.76. The molecule has 0 saturated heterocycles. The Bertz CT molecular complexity index is 842. The lowest BCUT2D eigenvalue weighted by atomic mass is 9.48. The summed E-state index contributed by atoms with van der Waals surface area (Å²) in [7, 11) is 0. The molecule has 7 heteroatoms. The van der Waals surface area contributed by atoms with Gasteiger partial charge in [0.25, 0.3) is 0 Å². The highest BCUT2D eigenvalue weighted by Gasteiger charge is 2.53. The van der Waals surface area contributed by atoms with Crippen LogP contribution in [0.4, 0.5) is 4.39 Å². The standard InChI is InChI=1S/C21H26FN5O/c1-13(21-9-14-6-15(10-21)8-16(7-14)11-21)23-19(28)12-27-25-20(24-26-27)17-2-4-18(22)5-3-17/h2-5,13-16H,6-12H2,1H3,(H,23,28). The number of carbonyl (C=O) groups is 1. The molecule has 4 fully saturated rings. The minimum absolute atomic E-state index is 0.0465. The molecule has 2 aromatic rings. The van der Waals surface area contributed by atoms with Gasteiger partial charge in [-0.2, -0.15) is 4.80 Å². The second-order valence-electron chi connectivity index (χ2n) is 9.22. The molecule has 0 radical (unpaired) electrons. The van der Waals surface area contributed by atoms with Crippen LogP contribution in [0.25, 0.3) is 11.4 Å². The summed E-state index contributed by atoms with van der Waals surface area (Å²) in [6.45, 7) is 2.22. The summed E-state index contributed by atoms with van der Waals surface area (Å²) in [5.74, 6) is 2.59. The van der Waals surface area contributed by atoms with Gasteiger partial charge in [0.2, 0.25) is 11.7 Å². The predicted molar refractivity (Wildman–Crippen MR) is 101 cm³/mol. The van der Waals surface area contributed by atoms with E-state index in [-0.39, 0.29) is 29.7 Å². The Morgan fingerprint density at radius 2 is 1.79 bits per heavy atom. The van der Waals surface area contributed by atoms with Crippen LogP contribution in [0.5, 0.6) is 0 Å². The molecule has 1 heterocycles. The molecule has 1 N–H and O–H groups in total. The highest BCUT2D eigenvalue weighted by Crippen LogP contribution is 2.61. The van der Waals surface area contributed by atoms with Crippen molar-refractivity contribution >= 4 is 5.91 Å². The summed E-state index contributed by atoms with van der Waals surface area (Å²) in [5, 5.41) is 15.4. The number of rotatable bonds is 5. The zero-order valence-corrected chi connectivity index (χ0v) is 16.1. The van der Waals surface area contributed by atoms with Crippen molar-refractivity contribution in [3.05, 3.63) is 30.1 Å². The van der Waals surface area contributed by atoms with Crippen molar-refractivity contribution in [1.82, 2.24) is 25.5 Å². The number of nitrogens with one attached hydrogen (secondary N) is 1. The molecule has 6 nitrogen and oxygen atoms in total. The van der Waals surface area contributed by atoms with Gasteiger partial charge in [-0.05, 0) is 98.1 Å². The Kier molecular flexibility index (Phi) is 4.21. The van der Waals surface area contributed by atoms with E-state index in [0.717, 1.165) is 17.8 Å². The summed E-state index contributed by atoms with van der Waals surface area (Å²) in [6.07, 6.45) is 7.98. The molecular formula is C21H26FN5O. The van der Waals surface area contributed by atoms with Gasteiger partial charge in [0, 0.05) is 11.6 Å². The lowest BCUT2D eigenvalue weighted by Gasteiger charge is -2.59. The van der Waals surface area contributed by atoms with Crippen molar-refractivity contribution in [2.75, 3.05) is 0 Å². The van der Waals surface area contributed by atoms with Crippen LogP contribution in [0.1, 0.15) is 45.4 Å². The average Bonchev–Trinajstić information content (AvgIpc) is 3.09. The Morgan fingerprint density at radius 1 is 1.18 bits per heavy atom. The van der Waals surface area contributed by atoms with E-state index < -0.39 is 0 Å². The second-order valence-corrected chi connectivity index (χ2v) is 9.22. The number of nitrogens with zero attached hydrogens (tertiary/aromatic N) is 4. The number of amides is 1. The minimum atomic E-state index is -0.311. The summed E-state index contributed by atoms with van der Waals surface area (Å²) in [4.78, 5) is 13.9. The maximum atomic E-state index is 13.1. The molecule has 1 aromatic heterocycles. The fourth-order valence-electron chi connectivity index (χ4n) is 6.30. The first-order chi connectivity index (χ1) is 13.5. The molecule has 148 valence electrons. The van der Waals surface area contributed by atoms with Gasteiger partial charge in [0.1, 0.15) is 12.4 Å². The first-order valence-electron chi connectivity index (χ1n) is 10.3. The zero-order chi connectivity index (χ0) is 19.3. The van der Waals surface area contributed by atoms with E-state index in [4.69, 9.17) is 0 Å². The van der Waals surface area contributed by atoms with Gasteiger partial charge in [-0.1, -0.05) is 0 Å². The molecule has 0 spiro atoms. The summed E-state index contributed by atoms with van der Waals surface area (Å²) in [6, 6.07) is 6.09. The topological polar surface area (TPSA) is 72.7 Å². The smallest absolute Gasteiger partial charge is 0.243 e. The number of aromatic nitrogens is 4. The normalized spacial score (nSPS) is 31.7. The molecule has 1 atom stereocenters. The second kappa shape index (κ2) is 6.64. The Morgan fingerprint density at radius 3 is 2.39 bits per heavy atom. The molecular weight excluding hydrogens is 357 g/mol. The van der Waals surface area contributed by atoms with Gasteiger partial charge in [0.15, 0.2) is 0 Å². The number of benzene rings is 1. The SMILES string of the molecule is CC(NC(=O)Cn1nnc(-c2ccc(F)cc2)n1)C12CC3CC(CC(C3)C1)C2. The molecule has 0 aliphatic heterocycles. The number of hydrogen-bond donors (Lipinski definition) is 1. The zero-order valence-electron chi connectivity index (χ0n) is 16.1. The van der Waals surface area contributed by atoms with Gasteiger partial charge >= 0.3 is 0 Å². The average molecular weight is 383 g/mol. The van der Waals surface area contributed by atoms with Crippen LogP contribution in [-0.2, 0) is 11.3 Å². The van der Waals surface area contributed by atoms with Gasteiger partial charge in [-0.25, -0.2) is 4.39 Å². The third kappa shape index (κ3) is 3.20. The fourth-order valence-corrected chi connectivity index (χ4v) is 6.30. The van der Waals surface area contributed by atoms with Gasteiger partial charge in [-0.15, -0.1) is 10.2 Å². The van der Waals surface area contributed by atoms with E-state index in [1.807, 2.05) is 0 Å². The maximum Gasteiger partial charge on any atom is 0.243 e. The van der Waals surface area contributed by atoms with E-state index in [0.29, 0.717) is 11.4 Å². The van der Waals surface area contributed by atoms with Crippen LogP contribution >= 0.6 is 0 Å². The predicted octanol–water partition coefficient (Wildman–Crippen LogP) is 3.20. The third-order valence-electron chi connectivity index (χ3n) is 7.22. The van der Waals surface area contributed by atoms with Crippen LogP contribution in [0.2, 0.25) is 0 Å². The molecule has 4 aliphatic carbocycles. The first-order valence-corrected chi connectivity index (χ1v) is 10.3. The molecule has 1 amide bonds. The van der Waals surface area contributed by atoms with Crippen LogP contribution < -0.4 is 5.32 Å². The van der Waals surface area contributed by atoms with Crippen molar-refractivity contribution in [1.29, 1.82) is 0 Å². The molecule has 4 saturated carbocycles. The van der Waals surface area contributed by atoms with E-state index in [1.54, 1.807) is 12.1 Å². The Hall–Kier alpha value is -2.31. The van der Waals surface area contributed by atoms with Crippen molar-refractivity contribution in [2.24, 2.45) is 23.2 Å². The van der Waals surface area contributed by atoms with E-state index in [1.165, 1.54) is 55.5 Å². The molecule has 4 aliphatic rings. The Balaban J connectivity index is 1.22. The summed E-state index contributed by atoms with van der Waals surface area (Å²) < 4.78 is 13.1. The van der Waals surface area contributed by atoms with E-state index >= 15 is 0 Å². The minimum Gasteiger partial charge on any atom is -0.351 e. The van der Waals surface area contributed by atoms with Gasteiger partial charge < -0.3 is 5.32 Å². The number of halogens is 1. The first kappa shape index (κ1) is 17.8. The maximum absolute atomic E-state index is 13.1. The number of hydrogen-bond acceptors (Lipinski definition) is 4. The van der Waals surface area contributed by atoms with Gasteiger partial charge in [0.05, 0.1) is 0 Å². The lowest BCUT2D eigenvalue weighted by Crippen LogP contribution is -2.56. The monoisotopic (exact) mass is 383 g/mol. The fraction of sp³-hybridized carbons (Fsp3) is 0.619. The van der Waals surface area contributed by atoms with Crippen molar-refractivity contribution < 1.29 is 9.18 Å². The third-order valence-corrected chi connectivity index (χ3v) is 7.22. The highest BCUT2D eigenvalue weighted by atomic mass is 19.1. The molecule has 6 rings (SSSR count). The van der Waals surface area contributed by atoms with Gasteiger partial charge in [-0.3, -0.25) is 4.79 Å². The Labute approximate surface area is 163 Å².